The summed E-state index contributed by atoms with van der Waals surface area (Å²) in [5.41, 5.74) is 3.39. The fraction of sp³-hybridized carbons (Fsp3) is 0.167. The summed E-state index contributed by atoms with van der Waals surface area (Å²) in [5.74, 6) is 6.00. The Balaban J connectivity index is 2.67. The first-order valence-electron chi connectivity index (χ1n) is 5.00. The number of aromatic nitrogens is 2. The fourth-order valence-electron chi connectivity index (χ4n) is 2.29. The van der Waals surface area contributed by atoms with E-state index in [9.17, 15) is 0 Å². The molecule has 15 heavy (non-hydrogen) atoms. The number of nitrogens with zero attached hydrogens (tertiary/aromatic N) is 2. The van der Waals surface area contributed by atoms with Gasteiger partial charge in [-0.3, -0.25) is 4.68 Å². The molecule has 2 N–H and O–H groups in total. The number of hydrogen-bond donors (Lipinski definition) is 1. The van der Waals surface area contributed by atoms with Crippen molar-refractivity contribution in [2.75, 3.05) is 5.84 Å². The van der Waals surface area contributed by atoms with Crippen molar-refractivity contribution in [3.05, 3.63) is 36.0 Å². The molecule has 0 unspecified atom stereocenters. The zero-order valence-electron chi connectivity index (χ0n) is 8.86. The Hall–Kier alpha value is -1.90. The van der Waals surface area contributed by atoms with Gasteiger partial charge < -0.3 is 10.4 Å². The van der Waals surface area contributed by atoms with Crippen molar-refractivity contribution in [3.8, 4) is 0 Å². The van der Waals surface area contributed by atoms with Gasteiger partial charge in [-0.25, -0.2) is 0 Å². The number of benzene rings is 1. The van der Waals surface area contributed by atoms with E-state index in [-0.39, 0.29) is 0 Å². The summed E-state index contributed by atoms with van der Waals surface area (Å²) in [5, 5.41) is 2.50. The summed E-state index contributed by atoms with van der Waals surface area (Å²) < 4.78 is 3.88. The van der Waals surface area contributed by atoms with Crippen molar-refractivity contribution in [2.24, 2.45) is 7.05 Å². The lowest BCUT2D eigenvalue weighted by atomic mass is 10.2. The second kappa shape index (κ2) is 2.57. The van der Waals surface area contributed by atoms with Crippen LogP contribution in [-0.4, -0.2) is 9.24 Å². The summed E-state index contributed by atoms with van der Waals surface area (Å²) in [6, 6.07) is 10.5. The lowest BCUT2D eigenvalue weighted by molar-refractivity contribution is 0.905. The van der Waals surface area contributed by atoms with Gasteiger partial charge in [-0.1, -0.05) is 18.2 Å². The first-order chi connectivity index (χ1) is 7.20. The van der Waals surface area contributed by atoms with Crippen LogP contribution in [0.1, 0.15) is 5.69 Å². The number of hydrogen-bond acceptors (Lipinski definition) is 1. The smallest absolute Gasteiger partial charge is 0.139 e. The van der Waals surface area contributed by atoms with Crippen molar-refractivity contribution in [1.82, 2.24) is 9.24 Å². The van der Waals surface area contributed by atoms with E-state index in [1.807, 2.05) is 14.0 Å². The third kappa shape index (κ3) is 0.897. The van der Waals surface area contributed by atoms with Crippen LogP contribution >= 0.6 is 0 Å². The molecule has 0 aliphatic rings. The molecule has 0 fully saturated rings. The van der Waals surface area contributed by atoms with Gasteiger partial charge in [-0.15, -0.1) is 0 Å². The van der Waals surface area contributed by atoms with E-state index in [4.69, 9.17) is 5.84 Å². The maximum Gasteiger partial charge on any atom is 0.139 e. The summed E-state index contributed by atoms with van der Waals surface area (Å²) >= 11 is 0. The lowest BCUT2D eigenvalue weighted by Crippen LogP contribution is -2.11. The molecule has 2 aromatic heterocycles. The zero-order valence-corrected chi connectivity index (χ0v) is 8.86. The molecule has 0 bridgehead atoms. The standard InChI is InChI=1S/C12H13N3/c1-8-7-10-9-5-3-4-6-11(9)14(2)12(10)15(8)13/h3-7H,13H2,1-2H3. The molecule has 76 valence electrons. The normalized spacial score (nSPS) is 11.6. The van der Waals surface area contributed by atoms with Crippen LogP contribution in [0.3, 0.4) is 0 Å². The Morgan fingerprint density at radius 3 is 2.67 bits per heavy atom. The molecule has 0 radical (unpaired) electrons. The van der Waals surface area contributed by atoms with Gasteiger partial charge in [0, 0.05) is 23.5 Å². The van der Waals surface area contributed by atoms with E-state index in [0.29, 0.717) is 0 Å². The Morgan fingerprint density at radius 1 is 1.13 bits per heavy atom. The highest BCUT2D eigenvalue weighted by Crippen LogP contribution is 2.29. The number of nitrogens with two attached hydrogens (primary N) is 1. The molecule has 2 heterocycles. The van der Waals surface area contributed by atoms with E-state index in [1.165, 1.54) is 16.3 Å². The van der Waals surface area contributed by atoms with Crippen molar-refractivity contribution in [2.45, 2.75) is 6.92 Å². The van der Waals surface area contributed by atoms with Crippen LogP contribution in [0.4, 0.5) is 0 Å². The highest BCUT2D eigenvalue weighted by molar-refractivity contribution is 6.07. The number of aryl methyl sites for hydroxylation is 2. The van der Waals surface area contributed by atoms with Crippen LogP contribution in [0.25, 0.3) is 21.9 Å². The largest absolute Gasteiger partial charge is 0.338 e. The van der Waals surface area contributed by atoms with Crippen LogP contribution in [0, 0.1) is 6.92 Å². The van der Waals surface area contributed by atoms with E-state index < -0.39 is 0 Å². The molecule has 0 atom stereocenters. The molecular weight excluding hydrogens is 186 g/mol. The van der Waals surface area contributed by atoms with E-state index >= 15 is 0 Å². The van der Waals surface area contributed by atoms with E-state index in [1.54, 1.807) is 4.68 Å². The lowest BCUT2D eigenvalue weighted by Gasteiger charge is -2.02. The van der Waals surface area contributed by atoms with Gasteiger partial charge in [0.25, 0.3) is 0 Å². The molecule has 3 nitrogen and oxygen atoms in total. The highest BCUT2D eigenvalue weighted by Gasteiger charge is 2.12. The quantitative estimate of drug-likeness (QED) is 0.553. The van der Waals surface area contributed by atoms with Crippen LogP contribution in [0.5, 0.6) is 0 Å². The molecule has 1 aromatic carbocycles. The fourth-order valence-corrected chi connectivity index (χ4v) is 2.29. The molecule has 3 heteroatoms. The minimum Gasteiger partial charge on any atom is -0.338 e. The second-order valence-corrected chi connectivity index (χ2v) is 3.97. The van der Waals surface area contributed by atoms with Crippen LogP contribution < -0.4 is 5.84 Å². The summed E-state index contributed by atoms with van der Waals surface area (Å²) in [6.07, 6.45) is 0. The predicted octanol–water partition coefficient (Wildman–Crippen LogP) is 2.16. The summed E-state index contributed by atoms with van der Waals surface area (Å²) in [4.78, 5) is 0. The average Bonchev–Trinajstić information content (AvgIpc) is 2.68. The minimum absolute atomic E-state index is 1.08. The zero-order chi connectivity index (χ0) is 10.6. The SMILES string of the molecule is Cc1cc2c3ccccc3n(C)c2n1N. The van der Waals surface area contributed by atoms with Gasteiger partial charge in [-0.2, -0.15) is 0 Å². The Morgan fingerprint density at radius 2 is 1.87 bits per heavy atom. The van der Waals surface area contributed by atoms with Crippen molar-refractivity contribution < 1.29 is 0 Å². The first-order valence-corrected chi connectivity index (χ1v) is 5.00. The molecule has 0 aliphatic carbocycles. The Labute approximate surface area is 87.7 Å². The number of fused-ring (bicyclic) bond motifs is 3. The minimum atomic E-state index is 1.08. The van der Waals surface area contributed by atoms with Crippen molar-refractivity contribution in [3.63, 3.8) is 0 Å². The molecular formula is C12H13N3. The molecule has 3 rings (SSSR count). The Kier molecular flexibility index (Phi) is 1.44. The summed E-state index contributed by atoms with van der Waals surface area (Å²) in [7, 11) is 2.05. The molecule has 0 saturated carbocycles. The van der Waals surface area contributed by atoms with Gasteiger partial charge in [0.05, 0.1) is 5.52 Å². The third-order valence-corrected chi connectivity index (χ3v) is 3.08. The Bertz CT molecular complexity index is 658. The maximum absolute atomic E-state index is 6.00. The van der Waals surface area contributed by atoms with Crippen LogP contribution in [0.15, 0.2) is 30.3 Å². The number of nitrogen functional groups attached to an aromatic ring is 1. The maximum atomic E-state index is 6.00. The monoisotopic (exact) mass is 199 g/mol. The van der Waals surface area contributed by atoms with Crippen molar-refractivity contribution >= 4 is 21.9 Å². The summed E-state index contributed by atoms with van der Waals surface area (Å²) in [6.45, 7) is 2.02. The predicted molar refractivity (Wildman–Crippen MR) is 63.3 cm³/mol. The van der Waals surface area contributed by atoms with Gasteiger partial charge in [0.2, 0.25) is 0 Å². The first kappa shape index (κ1) is 8.41. The molecule has 0 aliphatic heterocycles. The number of para-hydroxylation sites is 1. The van der Waals surface area contributed by atoms with Gasteiger partial charge >= 0.3 is 0 Å². The molecule has 0 spiro atoms. The second-order valence-electron chi connectivity index (χ2n) is 3.97. The topological polar surface area (TPSA) is 35.9 Å². The average molecular weight is 199 g/mol. The molecule has 0 amide bonds. The molecule has 3 aromatic rings. The van der Waals surface area contributed by atoms with Gasteiger partial charge in [0.1, 0.15) is 5.65 Å². The van der Waals surface area contributed by atoms with Crippen LogP contribution in [0.2, 0.25) is 0 Å². The molecule has 0 saturated heterocycles. The van der Waals surface area contributed by atoms with Crippen LogP contribution in [-0.2, 0) is 7.05 Å². The number of rotatable bonds is 0. The van der Waals surface area contributed by atoms with Crippen molar-refractivity contribution in [1.29, 1.82) is 0 Å². The third-order valence-electron chi connectivity index (χ3n) is 3.08. The van der Waals surface area contributed by atoms with Gasteiger partial charge in [0.15, 0.2) is 0 Å². The van der Waals surface area contributed by atoms with E-state index in [0.717, 1.165) is 11.3 Å². The van der Waals surface area contributed by atoms with E-state index in [2.05, 4.69) is 34.9 Å². The highest BCUT2D eigenvalue weighted by atomic mass is 15.3. The van der Waals surface area contributed by atoms with Gasteiger partial charge in [-0.05, 0) is 19.1 Å².